The molecule has 0 amide bonds. The molecule has 0 spiro atoms. The maximum absolute atomic E-state index is 13.6. The fourth-order valence-electron chi connectivity index (χ4n) is 3.63. The summed E-state index contributed by atoms with van der Waals surface area (Å²) in [5, 5.41) is 4.69. The lowest BCUT2D eigenvalue weighted by Crippen LogP contribution is -2.29. The second-order valence-electron chi connectivity index (χ2n) is 5.85. The summed E-state index contributed by atoms with van der Waals surface area (Å²) in [7, 11) is 0. The summed E-state index contributed by atoms with van der Waals surface area (Å²) in [5.74, 6) is 0.344. The smallest absolute Gasteiger partial charge is 0.123 e. The van der Waals surface area contributed by atoms with E-state index in [1.54, 1.807) is 18.2 Å². The minimum Gasteiger partial charge on any atom is -0.378 e. The molecule has 4 rings (SSSR count). The summed E-state index contributed by atoms with van der Waals surface area (Å²) in [4.78, 5) is 0. The van der Waals surface area contributed by atoms with Gasteiger partial charge in [-0.3, -0.25) is 0 Å². The van der Waals surface area contributed by atoms with Gasteiger partial charge in [-0.15, -0.1) is 0 Å². The van der Waals surface area contributed by atoms with Crippen LogP contribution in [0.2, 0.25) is 10.0 Å². The normalized spacial score (nSPS) is 25.5. The van der Waals surface area contributed by atoms with Gasteiger partial charge < -0.3 is 5.32 Å². The second kappa shape index (κ2) is 5.29. The van der Waals surface area contributed by atoms with E-state index in [2.05, 4.69) is 17.5 Å². The van der Waals surface area contributed by atoms with Crippen LogP contribution in [0.3, 0.4) is 0 Å². The Labute approximate surface area is 138 Å². The van der Waals surface area contributed by atoms with Crippen LogP contribution in [0.15, 0.2) is 48.6 Å². The average Bonchev–Trinajstić information content (AvgIpc) is 2.99. The van der Waals surface area contributed by atoms with Crippen molar-refractivity contribution in [1.29, 1.82) is 0 Å². The van der Waals surface area contributed by atoms with Crippen molar-refractivity contribution in [2.75, 3.05) is 5.32 Å². The molecule has 1 nitrogen and oxygen atoms in total. The largest absolute Gasteiger partial charge is 0.378 e. The van der Waals surface area contributed by atoms with Gasteiger partial charge in [0.15, 0.2) is 0 Å². The number of benzene rings is 2. The van der Waals surface area contributed by atoms with Crippen LogP contribution < -0.4 is 5.32 Å². The average molecular weight is 334 g/mol. The van der Waals surface area contributed by atoms with Crippen LogP contribution in [0, 0.1) is 11.7 Å². The summed E-state index contributed by atoms with van der Waals surface area (Å²) in [6.07, 6.45) is 5.29. The third-order valence-electron chi connectivity index (χ3n) is 4.64. The van der Waals surface area contributed by atoms with Crippen molar-refractivity contribution in [3.8, 4) is 0 Å². The van der Waals surface area contributed by atoms with Crippen LogP contribution in [-0.2, 0) is 0 Å². The molecule has 2 aliphatic rings. The Morgan fingerprint density at radius 3 is 2.82 bits per heavy atom. The van der Waals surface area contributed by atoms with Gasteiger partial charge in [0.25, 0.3) is 0 Å². The molecule has 1 aliphatic carbocycles. The van der Waals surface area contributed by atoms with Crippen LogP contribution >= 0.6 is 23.2 Å². The molecule has 22 heavy (non-hydrogen) atoms. The highest BCUT2D eigenvalue weighted by Crippen LogP contribution is 2.51. The van der Waals surface area contributed by atoms with E-state index in [-0.39, 0.29) is 17.8 Å². The van der Waals surface area contributed by atoms with Gasteiger partial charge in [-0.2, -0.15) is 0 Å². The Morgan fingerprint density at radius 2 is 1.95 bits per heavy atom. The maximum Gasteiger partial charge on any atom is 0.123 e. The molecule has 0 unspecified atom stereocenters. The van der Waals surface area contributed by atoms with Gasteiger partial charge in [0.05, 0.1) is 16.1 Å². The van der Waals surface area contributed by atoms with E-state index in [0.29, 0.717) is 16.0 Å². The van der Waals surface area contributed by atoms with Crippen LogP contribution in [0.4, 0.5) is 10.1 Å². The molecule has 2 aromatic rings. The van der Waals surface area contributed by atoms with Gasteiger partial charge in [0, 0.05) is 11.6 Å². The zero-order valence-corrected chi connectivity index (χ0v) is 13.2. The minimum absolute atomic E-state index is 0.0733. The zero-order valence-electron chi connectivity index (χ0n) is 11.7. The van der Waals surface area contributed by atoms with Crippen molar-refractivity contribution in [2.45, 2.75) is 18.4 Å². The van der Waals surface area contributed by atoms with E-state index < -0.39 is 0 Å². The SMILES string of the molecule is Fc1ccc2c(c1)[C@@H]1C=CC[C@@H]1[C@H](c1cccc(Cl)c1Cl)N2. The van der Waals surface area contributed by atoms with E-state index in [4.69, 9.17) is 23.2 Å². The molecule has 1 aliphatic heterocycles. The van der Waals surface area contributed by atoms with Crippen molar-refractivity contribution in [3.63, 3.8) is 0 Å². The highest BCUT2D eigenvalue weighted by molar-refractivity contribution is 6.42. The molecule has 4 heteroatoms. The number of rotatable bonds is 1. The molecule has 112 valence electrons. The van der Waals surface area contributed by atoms with E-state index in [0.717, 1.165) is 23.2 Å². The summed E-state index contributed by atoms with van der Waals surface area (Å²) in [6, 6.07) is 10.7. The Morgan fingerprint density at radius 1 is 1.09 bits per heavy atom. The number of anilines is 1. The molecule has 0 saturated carbocycles. The number of nitrogens with one attached hydrogen (secondary N) is 1. The van der Waals surface area contributed by atoms with Gasteiger partial charge in [-0.05, 0) is 47.7 Å². The zero-order chi connectivity index (χ0) is 15.3. The summed E-state index contributed by atoms with van der Waals surface area (Å²) in [6.45, 7) is 0. The fraction of sp³-hybridized carbons (Fsp3) is 0.222. The summed E-state index contributed by atoms with van der Waals surface area (Å²) >= 11 is 12.6. The van der Waals surface area contributed by atoms with Gasteiger partial charge in [0.2, 0.25) is 0 Å². The lowest BCUT2D eigenvalue weighted by atomic mass is 9.77. The number of allylic oxidation sites excluding steroid dienone is 2. The Balaban J connectivity index is 1.83. The van der Waals surface area contributed by atoms with E-state index in [1.807, 2.05) is 12.1 Å². The first-order valence-corrected chi connectivity index (χ1v) is 8.07. The van der Waals surface area contributed by atoms with Gasteiger partial charge in [-0.25, -0.2) is 4.39 Å². The summed E-state index contributed by atoms with van der Waals surface area (Å²) in [5.41, 5.74) is 2.99. The Hall–Kier alpha value is -1.51. The maximum atomic E-state index is 13.6. The first kappa shape index (κ1) is 14.1. The van der Waals surface area contributed by atoms with Crippen molar-refractivity contribution in [2.24, 2.45) is 5.92 Å². The number of fused-ring (bicyclic) bond motifs is 3. The Kier molecular flexibility index (Phi) is 3.39. The van der Waals surface area contributed by atoms with Gasteiger partial charge >= 0.3 is 0 Å². The van der Waals surface area contributed by atoms with Crippen molar-refractivity contribution in [3.05, 3.63) is 75.5 Å². The van der Waals surface area contributed by atoms with Crippen molar-refractivity contribution >= 4 is 28.9 Å². The van der Waals surface area contributed by atoms with Crippen molar-refractivity contribution in [1.82, 2.24) is 0 Å². The van der Waals surface area contributed by atoms with Gasteiger partial charge in [0.1, 0.15) is 5.82 Å². The highest BCUT2D eigenvalue weighted by atomic mass is 35.5. The predicted molar refractivity (Wildman–Crippen MR) is 89.2 cm³/mol. The van der Waals surface area contributed by atoms with Crippen molar-refractivity contribution < 1.29 is 4.39 Å². The molecule has 1 N–H and O–H groups in total. The molecule has 0 aromatic heterocycles. The number of hydrogen-bond donors (Lipinski definition) is 1. The quantitative estimate of drug-likeness (QED) is 0.635. The molecule has 1 heterocycles. The third kappa shape index (κ3) is 2.13. The van der Waals surface area contributed by atoms with Gasteiger partial charge in [-0.1, -0.05) is 47.5 Å². The molecule has 0 bridgehead atoms. The molecular formula is C18H14Cl2FN. The molecule has 0 radical (unpaired) electrons. The van der Waals surface area contributed by atoms with Crippen LogP contribution in [0.25, 0.3) is 0 Å². The lowest BCUT2D eigenvalue weighted by molar-refractivity contribution is 0.424. The first-order valence-electron chi connectivity index (χ1n) is 7.31. The lowest BCUT2D eigenvalue weighted by Gasteiger charge is -2.38. The van der Waals surface area contributed by atoms with Crippen LogP contribution in [0.5, 0.6) is 0 Å². The monoisotopic (exact) mass is 333 g/mol. The number of halogens is 3. The predicted octanol–water partition coefficient (Wildman–Crippen LogP) is 5.96. The molecule has 2 aromatic carbocycles. The topological polar surface area (TPSA) is 12.0 Å². The highest BCUT2D eigenvalue weighted by Gasteiger charge is 2.38. The third-order valence-corrected chi connectivity index (χ3v) is 5.47. The standard InChI is InChI=1S/C18H14Cl2FN/c19-15-6-2-5-13(17(15)20)18-12-4-1-3-11(12)14-9-10(21)7-8-16(14)22-18/h1-3,5-9,11-12,18,22H,4H2/t11-,12+,18-/m1/s1. The van der Waals surface area contributed by atoms with Crippen LogP contribution in [0.1, 0.15) is 29.5 Å². The molecule has 0 saturated heterocycles. The second-order valence-corrected chi connectivity index (χ2v) is 6.64. The summed E-state index contributed by atoms with van der Waals surface area (Å²) < 4.78 is 13.6. The fourth-order valence-corrected chi connectivity index (χ4v) is 4.06. The van der Waals surface area contributed by atoms with E-state index in [1.165, 1.54) is 6.07 Å². The Bertz CT molecular complexity index is 772. The minimum atomic E-state index is -0.196. The van der Waals surface area contributed by atoms with E-state index in [9.17, 15) is 4.39 Å². The first-order chi connectivity index (χ1) is 10.6. The molecule has 0 fully saturated rings. The molecule has 3 atom stereocenters. The van der Waals surface area contributed by atoms with E-state index >= 15 is 0 Å². The molecular weight excluding hydrogens is 320 g/mol. The van der Waals surface area contributed by atoms with Crippen LogP contribution in [-0.4, -0.2) is 0 Å². The number of hydrogen-bond acceptors (Lipinski definition) is 1.